The highest BCUT2D eigenvalue weighted by Crippen LogP contribution is 2.23. The van der Waals surface area contributed by atoms with E-state index < -0.39 is 5.91 Å². The molecule has 154 valence electrons. The first-order chi connectivity index (χ1) is 14.5. The standard InChI is InChI=1S/C23H24N4O3/c1-16(2)18-8-10-19(11-9-18)25-21(28)20-14-24-22(30-20)27-13-12-26(23(27)29)15-17-6-4-3-5-7-17/h3-11,14,16H,12-13,15H2,1-2H3,(H,25,28). The normalized spacial score (nSPS) is 13.9. The van der Waals surface area contributed by atoms with Crippen LogP contribution >= 0.6 is 0 Å². The summed E-state index contributed by atoms with van der Waals surface area (Å²) in [5, 5.41) is 2.79. The molecule has 0 atom stereocenters. The maximum atomic E-state index is 12.7. The molecular formula is C23H24N4O3. The van der Waals surface area contributed by atoms with Gasteiger partial charge in [0, 0.05) is 25.3 Å². The molecule has 0 saturated carbocycles. The van der Waals surface area contributed by atoms with Gasteiger partial charge in [-0.15, -0.1) is 0 Å². The van der Waals surface area contributed by atoms with Crippen LogP contribution in [0.25, 0.3) is 0 Å². The number of amides is 3. The molecular weight excluding hydrogens is 380 g/mol. The van der Waals surface area contributed by atoms with Crippen LogP contribution in [-0.4, -0.2) is 34.9 Å². The second-order valence-corrected chi connectivity index (χ2v) is 7.58. The molecule has 1 N–H and O–H groups in total. The van der Waals surface area contributed by atoms with E-state index in [1.807, 2.05) is 54.6 Å². The molecule has 1 fully saturated rings. The third-order valence-corrected chi connectivity index (χ3v) is 5.09. The van der Waals surface area contributed by atoms with Crippen LogP contribution in [0.4, 0.5) is 16.5 Å². The van der Waals surface area contributed by atoms with E-state index in [1.54, 1.807) is 4.90 Å². The number of rotatable bonds is 6. The Morgan fingerprint density at radius 1 is 1.10 bits per heavy atom. The lowest BCUT2D eigenvalue weighted by Crippen LogP contribution is -2.31. The summed E-state index contributed by atoms with van der Waals surface area (Å²) in [6.07, 6.45) is 1.35. The van der Waals surface area contributed by atoms with E-state index in [1.165, 1.54) is 16.7 Å². The van der Waals surface area contributed by atoms with Crippen LogP contribution in [0.1, 0.15) is 41.4 Å². The van der Waals surface area contributed by atoms with Crippen molar-refractivity contribution in [2.45, 2.75) is 26.3 Å². The Morgan fingerprint density at radius 2 is 1.83 bits per heavy atom. The second kappa shape index (κ2) is 8.41. The fraction of sp³-hybridized carbons (Fsp3) is 0.261. The van der Waals surface area contributed by atoms with Crippen LogP contribution in [-0.2, 0) is 6.54 Å². The van der Waals surface area contributed by atoms with Crippen LogP contribution in [0.2, 0.25) is 0 Å². The van der Waals surface area contributed by atoms with Gasteiger partial charge in [0.1, 0.15) is 0 Å². The zero-order chi connectivity index (χ0) is 21.1. The minimum atomic E-state index is -0.404. The predicted molar refractivity (Wildman–Crippen MR) is 115 cm³/mol. The molecule has 2 heterocycles. The minimum absolute atomic E-state index is 0.0623. The molecule has 7 heteroatoms. The van der Waals surface area contributed by atoms with E-state index in [0.29, 0.717) is 31.2 Å². The summed E-state index contributed by atoms with van der Waals surface area (Å²) in [7, 11) is 0. The maximum absolute atomic E-state index is 12.7. The molecule has 1 aromatic heterocycles. The van der Waals surface area contributed by atoms with Crippen molar-refractivity contribution in [3.05, 3.63) is 77.7 Å². The van der Waals surface area contributed by atoms with Gasteiger partial charge in [-0.05, 0) is 29.2 Å². The van der Waals surface area contributed by atoms with E-state index in [2.05, 4.69) is 24.1 Å². The Labute approximate surface area is 175 Å². The van der Waals surface area contributed by atoms with Gasteiger partial charge in [-0.3, -0.25) is 4.79 Å². The fourth-order valence-corrected chi connectivity index (χ4v) is 3.35. The van der Waals surface area contributed by atoms with Crippen LogP contribution in [0.5, 0.6) is 0 Å². The third-order valence-electron chi connectivity index (χ3n) is 5.09. The summed E-state index contributed by atoms with van der Waals surface area (Å²) in [4.78, 5) is 32.5. The first-order valence-electron chi connectivity index (χ1n) is 9.99. The highest BCUT2D eigenvalue weighted by atomic mass is 16.4. The lowest BCUT2D eigenvalue weighted by molar-refractivity contribution is 0.0997. The lowest BCUT2D eigenvalue weighted by Gasteiger charge is -2.16. The smallest absolute Gasteiger partial charge is 0.328 e. The average Bonchev–Trinajstić information content (AvgIpc) is 3.37. The number of carbonyl (C=O) groups is 2. The summed E-state index contributed by atoms with van der Waals surface area (Å²) in [5.74, 6) is 0.0807. The number of benzene rings is 2. The Morgan fingerprint density at radius 3 is 2.53 bits per heavy atom. The van der Waals surface area contributed by atoms with E-state index in [-0.39, 0.29) is 17.8 Å². The van der Waals surface area contributed by atoms with Crippen molar-refractivity contribution in [3.8, 4) is 0 Å². The van der Waals surface area contributed by atoms with Gasteiger partial charge in [0.05, 0.1) is 6.20 Å². The molecule has 0 unspecified atom stereocenters. The van der Waals surface area contributed by atoms with Crippen molar-refractivity contribution >= 4 is 23.6 Å². The second-order valence-electron chi connectivity index (χ2n) is 7.58. The number of nitrogens with zero attached hydrogens (tertiary/aromatic N) is 3. The maximum Gasteiger partial charge on any atom is 0.328 e. The number of urea groups is 1. The third kappa shape index (κ3) is 4.20. The largest absolute Gasteiger partial charge is 0.418 e. The zero-order valence-electron chi connectivity index (χ0n) is 17.0. The van der Waals surface area contributed by atoms with Gasteiger partial charge in [0.2, 0.25) is 5.76 Å². The summed E-state index contributed by atoms with van der Waals surface area (Å²) in [5.41, 5.74) is 2.93. The molecule has 1 aliphatic rings. The summed E-state index contributed by atoms with van der Waals surface area (Å²) >= 11 is 0. The van der Waals surface area contributed by atoms with Crippen molar-refractivity contribution < 1.29 is 14.0 Å². The molecule has 0 spiro atoms. The number of carbonyl (C=O) groups excluding carboxylic acids is 2. The molecule has 0 bridgehead atoms. The fourth-order valence-electron chi connectivity index (χ4n) is 3.35. The molecule has 7 nitrogen and oxygen atoms in total. The van der Waals surface area contributed by atoms with Gasteiger partial charge in [-0.2, -0.15) is 0 Å². The van der Waals surface area contributed by atoms with Crippen LogP contribution in [0, 0.1) is 0 Å². The first-order valence-corrected chi connectivity index (χ1v) is 9.99. The van der Waals surface area contributed by atoms with Crippen LogP contribution < -0.4 is 10.2 Å². The topological polar surface area (TPSA) is 78.7 Å². The van der Waals surface area contributed by atoms with Crippen molar-refractivity contribution in [1.82, 2.24) is 9.88 Å². The summed E-state index contributed by atoms with van der Waals surface area (Å²) < 4.78 is 5.59. The average molecular weight is 404 g/mol. The van der Waals surface area contributed by atoms with Gasteiger partial charge in [0.25, 0.3) is 5.91 Å². The predicted octanol–water partition coefficient (Wildman–Crippen LogP) is 4.49. The van der Waals surface area contributed by atoms with Crippen LogP contribution in [0.15, 0.2) is 65.2 Å². The highest BCUT2D eigenvalue weighted by molar-refractivity contribution is 6.02. The van der Waals surface area contributed by atoms with Crippen molar-refractivity contribution in [1.29, 1.82) is 0 Å². The Bertz CT molecular complexity index is 1030. The molecule has 1 aliphatic heterocycles. The van der Waals surface area contributed by atoms with Gasteiger partial charge >= 0.3 is 12.0 Å². The minimum Gasteiger partial charge on any atom is -0.418 e. The lowest BCUT2D eigenvalue weighted by atomic mass is 10.0. The molecule has 3 aromatic rings. The quantitative estimate of drug-likeness (QED) is 0.656. The van der Waals surface area contributed by atoms with Crippen molar-refractivity contribution in [3.63, 3.8) is 0 Å². The SMILES string of the molecule is CC(C)c1ccc(NC(=O)c2cnc(N3CCN(Cc4ccccc4)C3=O)o2)cc1. The van der Waals surface area contributed by atoms with Gasteiger partial charge in [-0.25, -0.2) is 14.7 Å². The van der Waals surface area contributed by atoms with Crippen molar-refractivity contribution in [2.75, 3.05) is 23.3 Å². The van der Waals surface area contributed by atoms with Gasteiger partial charge in [0.15, 0.2) is 0 Å². The highest BCUT2D eigenvalue weighted by Gasteiger charge is 2.33. The molecule has 4 rings (SSSR count). The first kappa shape index (κ1) is 19.7. The Hall–Kier alpha value is -3.61. The van der Waals surface area contributed by atoms with Gasteiger partial charge < -0.3 is 14.6 Å². The van der Waals surface area contributed by atoms with E-state index in [4.69, 9.17) is 4.42 Å². The molecule has 0 aliphatic carbocycles. The molecule has 1 saturated heterocycles. The number of nitrogens with one attached hydrogen (secondary N) is 1. The molecule has 0 radical (unpaired) electrons. The summed E-state index contributed by atoms with van der Waals surface area (Å²) in [6.45, 7) is 5.79. The van der Waals surface area contributed by atoms with E-state index in [9.17, 15) is 9.59 Å². The Kier molecular flexibility index (Phi) is 5.52. The number of anilines is 2. The number of aromatic nitrogens is 1. The van der Waals surface area contributed by atoms with E-state index >= 15 is 0 Å². The number of hydrogen-bond donors (Lipinski definition) is 1. The van der Waals surface area contributed by atoms with Crippen LogP contribution in [0.3, 0.4) is 0 Å². The monoisotopic (exact) mass is 404 g/mol. The summed E-state index contributed by atoms with van der Waals surface area (Å²) in [6, 6.07) is 17.4. The number of hydrogen-bond acceptors (Lipinski definition) is 4. The molecule has 2 aromatic carbocycles. The zero-order valence-corrected chi connectivity index (χ0v) is 17.0. The molecule has 3 amide bonds. The number of oxazole rings is 1. The van der Waals surface area contributed by atoms with Crippen molar-refractivity contribution in [2.24, 2.45) is 0 Å². The van der Waals surface area contributed by atoms with Gasteiger partial charge in [-0.1, -0.05) is 56.3 Å². The molecule has 30 heavy (non-hydrogen) atoms. The Balaban J connectivity index is 1.40. The van der Waals surface area contributed by atoms with E-state index in [0.717, 1.165) is 5.56 Å².